The molecule has 0 saturated carbocycles. The van der Waals surface area contributed by atoms with Gasteiger partial charge in [0.25, 0.3) is 0 Å². The van der Waals surface area contributed by atoms with E-state index in [1.165, 1.54) is 0 Å². The van der Waals surface area contributed by atoms with Gasteiger partial charge in [0.2, 0.25) is 10.3 Å². The number of fused-ring (bicyclic) bond motifs is 1. The quantitative estimate of drug-likeness (QED) is 0.485. The smallest absolute Gasteiger partial charge is 0.232 e. The van der Waals surface area contributed by atoms with E-state index < -0.39 is 10.3 Å². The molecule has 0 aliphatic carbocycles. The van der Waals surface area contributed by atoms with E-state index in [4.69, 9.17) is 0 Å². The first-order valence-corrected chi connectivity index (χ1v) is 4.46. The third kappa shape index (κ3) is 1.06. The molecule has 1 aliphatic heterocycles. The van der Waals surface area contributed by atoms with Crippen LogP contribution in [-0.4, -0.2) is 13.4 Å². The first-order valence-electron chi connectivity index (χ1n) is 3.39. The summed E-state index contributed by atoms with van der Waals surface area (Å²) in [6, 6.07) is 7.29. The summed E-state index contributed by atoms with van der Waals surface area (Å²) in [7, 11) is -2.22. The van der Waals surface area contributed by atoms with Crippen molar-refractivity contribution in [3.8, 4) is 0 Å². The maximum Gasteiger partial charge on any atom is 0.240 e. The Morgan fingerprint density at radius 3 is 2.58 bits per heavy atom. The molecule has 1 aliphatic rings. The van der Waals surface area contributed by atoms with Crippen LogP contribution >= 0.6 is 0 Å². The Kier molecular flexibility index (Phi) is 1.55. The van der Waals surface area contributed by atoms with Gasteiger partial charge in [-0.1, -0.05) is 18.2 Å². The molecular formula is C8H5NO2S. The van der Waals surface area contributed by atoms with E-state index in [0.29, 0.717) is 0 Å². The molecule has 2 rings (SSSR count). The molecular weight excluding hydrogens is 174 g/mol. The first-order chi connectivity index (χ1) is 5.77. The van der Waals surface area contributed by atoms with Crippen LogP contribution in [0.15, 0.2) is 29.3 Å². The minimum absolute atomic E-state index is 0.108. The highest BCUT2D eigenvalue weighted by Gasteiger charge is 2.00. The van der Waals surface area contributed by atoms with Gasteiger partial charge in [0.15, 0.2) is 4.99 Å². The minimum atomic E-state index is -2.22. The van der Waals surface area contributed by atoms with Gasteiger partial charge < -0.3 is 0 Å². The lowest BCUT2D eigenvalue weighted by Gasteiger charge is -1.77. The number of nitrogens with zero attached hydrogens (tertiary/aromatic N) is 1. The van der Waals surface area contributed by atoms with Gasteiger partial charge in [0, 0.05) is 5.22 Å². The van der Waals surface area contributed by atoms with Gasteiger partial charge in [0.1, 0.15) is 0 Å². The zero-order valence-corrected chi connectivity index (χ0v) is 6.88. The van der Waals surface area contributed by atoms with Crippen molar-refractivity contribution < 1.29 is 8.42 Å². The molecule has 0 atom stereocenters. The van der Waals surface area contributed by atoms with Crippen LogP contribution in [0.4, 0.5) is 0 Å². The Balaban J connectivity index is 2.95. The van der Waals surface area contributed by atoms with E-state index in [0.717, 1.165) is 10.6 Å². The number of benzene rings is 1. The first kappa shape index (κ1) is 7.24. The topological polar surface area (TPSA) is 46.5 Å². The highest BCUT2D eigenvalue weighted by atomic mass is 32.2. The van der Waals surface area contributed by atoms with Crippen LogP contribution in [0, 0.1) is 0 Å². The molecule has 1 aromatic carbocycles. The van der Waals surface area contributed by atoms with Gasteiger partial charge in [-0.25, -0.2) is 4.99 Å². The number of para-hydroxylation sites is 1. The standard InChI is InChI=1S/C8H5NO2S/c10-12(11)8-5-6-3-1-2-4-7(6)9-8/h1-5H. The fourth-order valence-corrected chi connectivity index (χ4v) is 1.48. The van der Waals surface area contributed by atoms with Crippen molar-refractivity contribution >= 4 is 21.4 Å². The molecule has 0 N–H and O–H groups in total. The molecule has 0 bridgehead atoms. The summed E-state index contributed by atoms with van der Waals surface area (Å²) < 4.78 is 21.0. The Morgan fingerprint density at radius 1 is 1.17 bits per heavy atom. The highest BCUT2D eigenvalue weighted by Crippen LogP contribution is 1.84. The van der Waals surface area contributed by atoms with Crippen molar-refractivity contribution in [2.75, 3.05) is 0 Å². The lowest BCUT2D eigenvalue weighted by molar-refractivity contribution is 0.627. The van der Waals surface area contributed by atoms with Gasteiger partial charge in [-0.3, -0.25) is 0 Å². The van der Waals surface area contributed by atoms with Crippen molar-refractivity contribution in [2.24, 2.45) is 4.99 Å². The Morgan fingerprint density at radius 2 is 1.92 bits per heavy atom. The fraction of sp³-hybridized carbons (Fsp3) is 0. The monoisotopic (exact) mass is 179 g/mol. The Labute approximate surface area is 70.2 Å². The van der Waals surface area contributed by atoms with Crippen LogP contribution < -0.4 is 10.6 Å². The second kappa shape index (κ2) is 2.57. The lowest BCUT2D eigenvalue weighted by Crippen LogP contribution is -2.19. The van der Waals surface area contributed by atoms with Crippen molar-refractivity contribution in [3.05, 3.63) is 34.8 Å². The second-order valence-electron chi connectivity index (χ2n) is 2.39. The fourth-order valence-electron chi connectivity index (χ4n) is 1.08. The third-order valence-corrected chi connectivity index (χ3v) is 2.17. The van der Waals surface area contributed by atoms with E-state index in [9.17, 15) is 8.42 Å². The molecule has 0 aromatic heterocycles. The predicted molar refractivity (Wildman–Crippen MR) is 45.6 cm³/mol. The SMILES string of the molecule is O=S(=O)=C1C=c2ccccc2=N1. The lowest BCUT2D eigenvalue weighted by atomic mass is 10.3. The summed E-state index contributed by atoms with van der Waals surface area (Å²) in [6.45, 7) is 0. The molecule has 0 fully saturated rings. The molecule has 4 heteroatoms. The summed E-state index contributed by atoms with van der Waals surface area (Å²) in [6.07, 6.45) is 1.55. The van der Waals surface area contributed by atoms with Gasteiger partial charge in [0.05, 0.1) is 5.36 Å². The Hall–Kier alpha value is -1.42. The van der Waals surface area contributed by atoms with Crippen LogP contribution in [0.3, 0.4) is 0 Å². The van der Waals surface area contributed by atoms with Gasteiger partial charge >= 0.3 is 0 Å². The van der Waals surface area contributed by atoms with E-state index in [2.05, 4.69) is 4.99 Å². The van der Waals surface area contributed by atoms with Crippen molar-refractivity contribution in [3.63, 3.8) is 0 Å². The molecule has 60 valence electrons. The van der Waals surface area contributed by atoms with Crippen molar-refractivity contribution in [2.45, 2.75) is 0 Å². The molecule has 1 heterocycles. The molecule has 1 aromatic rings. The molecule has 12 heavy (non-hydrogen) atoms. The average molecular weight is 179 g/mol. The maximum atomic E-state index is 10.5. The van der Waals surface area contributed by atoms with E-state index in [1.807, 2.05) is 18.2 Å². The number of hydrogen-bond donors (Lipinski definition) is 0. The highest BCUT2D eigenvalue weighted by molar-refractivity contribution is 7.73. The Bertz CT molecular complexity index is 524. The van der Waals surface area contributed by atoms with Gasteiger partial charge in [-0.05, 0) is 12.1 Å². The van der Waals surface area contributed by atoms with Crippen molar-refractivity contribution in [1.82, 2.24) is 0 Å². The normalized spacial score (nSPS) is 13.2. The number of rotatable bonds is 0. The average Bonchev–Trinajstić information content (AvgIpc) is 2.46. The van der Waals surface area contributed by atoms with E-state index in [-0.39, 0.29) is 4.99 Å². The summed E-state index contributed by atoms with van der Waals surface area (Å²) in [5.41, 5.74) is 0. The zero-order valence-electron chi connectivity index (χ0n) is 6.06. The molecule has 3 nitrogen and oxygen atoms in total. The molecule has 0 radical (unpaired) electrons. The van der Waals surface area contributed by atoms with Crippen LogP contribution in [-0.2, 0) is 10.3 Å². The molecule has 0 amide bonds. The molecule has 0 unspecified atom stereocenters. The van der Waals surface area contributed by atoms with Crippen LogP contribution in [0.5, 0.6) is 0 Å². The molecule has 0 spiro atoms. The van der Waals surface area contributed by atoms with E-state index in [1.54, 1.807) is 12.1 Å². The van der Waals surface area contributed by atoms with Gasteiger partial charge in [-0.2, -0.15) is 8.42 Å². The van der Waals surface area contributed by atoms with Gasteiger partial charge in [-0.15, -0.1) is 0 Å². The van der Waals surface area contributed by atoms with Crippen molar-refractivity contribution in [1.29, 1.82) is 0 Å². The maximum absolute atomic E-state index is 10.5. The second-order valence-corrected chi connectivity index (χ2v) is 3.28. The predicted octanol–water partition coefficient (Wildman–Crippen LogP) is -0.891. The third-order valence-electron chi connectivity index (χ3n) is 1.62. The number of hydrogen-bond acceptors (Lipinski definition) is 2. The summed E-state index contributed by atoms with van der Waals surface area (Å²) in [4.78, 5) is 4.01. The largest absolute Gasteiger partial charge is 0.240 e. The van der Waals surface area contributed by atoms with Crippen LogP contribution in [0.2, 0.25) is 0 Å². The van der Waals surface area contributed by atoms with Crippen LogP contribution in [0.25, 0.3) is 6.08 Å². The summed E-state index contributed by atoms with van der Waals surface area (Å²) in [5.74, 6) is 0. The van der Waals surface area contributed by atoms with Crippen LogP contribution in [0.1, 0.15) is 0 Å². The summed E-state index contributed by atoms with van der Waals surface area (Å²) in [5, 5.41) is 1.58. The molecule has 0 saturated heterocycles. The summed E-state index contributed by atoms with van der Waals surface area (Å²) >= 11 is 0. The zero-order chi connectivity index (χ0) is 8.55. The van der Waals surface area contributed by atoms with E-state index >= 15 is 0 Å². The minimum Gasteiger partial charge on any atom is -0.232 e.